The molecule has 0 aromatic carbocycles. The van der Waals surface area contributed by atoms with Crippen molar-refractivity contribution >= 4 is 34.4 Å². The highest BCUT2D eigenvalue weighted by molar-refractivity contribution is 6.31. The highest BCUT2D eigenvalue weighted by Gasteiger charge is 2.21. The minimum atomic E-state index is -0.432. The zero-order valence-corrected chi connectivity index (χ0v) is 18.9. The number of H-pyrrole nitrogens is 1. The van der Waals surface area contributed by atoms with E-state index in [1.807, 2.05) is 4.90 Å². The zero-order chi connectivity index (χ0) is 23.7. The minimum absolute atomic E-state index is 0.174. The van der Waals surface area contributed by atoms with E-state index in [9.17, 15) is 14.3 Å². The number of hydrogen-bond acceptors (Lipinski definition) is 6. The van der Waals surface area contributed by atoms with Crippen LogP contribution in [-0.2, 0) is 4.79 Å². The van der Waals surface area contributed by atoms with Crippen LogP contribution >= 0.6 is 11.6 Å². The molecule has 10 heteroatoms. The van der Waals surface area contributed by atoms with Crippen molar-refractivity contribution in [3.05, 3.63) is 59.8 Å². The number of likely N-dealkylation sites (tertiary alicyclic amines) is 1. The molecule has 3 N–H and O–H groups in total. The monoisotopic (exact) mass is 480 g/mol. The number of pyridine rings is 3. The third-order valence-corrected chi connectivity index (χ3v) is 6.03. The average molecular weight is 481 g/mol. The van der Waals surface area contributed by atoms with Crippen LogP contribution in [0.15, 0.2) is 48.9 Å². The fraction of sp³-hybridized carbons (Fsp3) is 0.250. The molecule has 4 aromatic heterocycles. The van der Waals surface area contributed by atoms with E-state index in [-0.39, 0.29) is 18.6 Å². The van der Waals surface area contributed by atoms with Crippen LogP contribution in [-0.4, -0.2) is 61.6 Å². The molecular formula is C24H22ClFN6O2. The van der Waals surface area contributed by atoms with Crippen LogP contribution in [0.25, 0.3) is 33.5 Å². The number of nitrogens with one attached hydrogen (secondary N) is 2. The van der Waals surface area contributed by atoms with Gasteiger partial charge in [-0.25, -0.2) is 9.37 Å². The molecule has 1 amide bonds. The Labute approximate surface area is 199 Å². The van der Waals surface area contributed by atoms with Crippen molar-refractivity contribution in [2.24, 2.45) is 0 Å². The van der Waals surface area contributed by atoms with E-state index in [1.165, 1.54) is 6.07 Å². The summed E-state index contributed by atoms with van der Waals surface area (Å²) in [7, 11) is 0. The predicted octanol–water partition coefficient (Wildman–Crippen LogP) is 3.87. The number of piperidine rings is 1. The molecule has 0 aliphatic carbocycles. The smallest absolute Gasteiger partial charge is 0.239 e. The van der Waals surface area contributed by atoms with Gasteiger partial charge in [-0.2, -0.15) is 0 Å². The Bertz CT molecular complexity index is 1340. The number of aliphatic hydroxyl groups is 1. The average Bonchev–Trinajstić information content (AvgIpc) is 3.20. The van der Waals surface area contributed by atoms with Crippen molar-refractivity contribution in [2.45, 2.75) is 18.9 Å². The van der Waals surface area contributed by atoms with Crippen molar-refractivity contribution in [3.8, 4) is 22.5 Å². The molecule has 5 rings (SSSR count). The molecule has 4 aromatic rings. The number of fused-ring (bicyclic) bond motifs is 1. The molecule has 0 saturated carbocycles. The number of carbonyl (C=O) groups excluding carboxylic acids is 1. The largest absolute Gasteiger partial charge is 0.393 e. The van der Waals surface area contributed by atoms with E-state index in [0.29, 0.717) is 64.8 Å². The molecule has 1 aliphatic heterocycles. The normalized spacial score (nSPS) is 15.0. The molecule has 34 heavy (non-hydrogen) atoms. The van der Waals surface area contributed by atoms with Gasteiger partial charge in [0.25, 0.3) is 0 Å². The Hall–Kier alpha value is -3.40. The van der Waals surface area contributed by atoms with Gasteiger partial charge in [0.15, 0.2) is 0 Å². The third kappa shape index (κ3) is 4.77. The van der Waals surface area contributed by atoms with E-state index >= 15 is 0 Å². The second-order valence-electron chi connectivity index (χ2n) is 8.27. The Morgan fingerprint density at radius 1 is 1.18 bits per heavy atom. The highest BCUT2D eigenvalue weighted by Crippen LogP contribution is 2.37. The number of anilines is 1. The lowest BCUT2D eigenvalue weighted by Crippen LogP contribution is -2.40. The van der Waals surface area contributed by atoms with Crippen molar-refractivity contribution in [1.82, 2.24) is 24.8 Å². The van der Waals surface area contributed by atoms with Gasteiger partial charge in [-0.1, -0.05) is 11.6 Å². The fourth-order valence-electron chi connectivity index (χ4n) is 4.16. The van der Waals surface area contributed by atoms with Gasteiger partial charge in [0.1, 0.15) is 11.6 Å². The van der Waals surface area contributed by atoms with Crippen molar-refractivity contribution in [2.75, 3.05) is 25.0 Å². The Kier molecular flexibility index (Phi) is 6.23. The number of hydrogen-bond donors (Lipinski definition) is 3. The number of amides is 1. The van der Waals surface area contributed by atoms with Gasteiger partial charge in [-0.15, -0.1) is 0 Å². The second kappa shape index (κ2) is 9.46. The van der Waals surface area contributed by atoms with Crippen LogP contribution < -0.4 is 5.32 Å². The summed E-state index contributed by atoms with van der Waals surface area (Å²) in [4.78, 5) is 30.9. The number of halogens is 2. The topological polar surface area (TPSA) is 107 Å². The van der Waals surface area contributed by atoms with E-state index < -0.39 is 5.82 Å². The summed E-state index contributed by atoms with van der Waals surface area (Å²) in [6, 6.07) is 8.27. The Morgan fingerprint density at radius 2 is 2.00 bits per heavy atom. The highest BCUT2D eigenvalue weighted by atomic mass is 35.5. The van der Waals surface area contributed by atoms with Crippen LogP contribution in [0, 0.1) is 5.82 Å². The first-order valence-corrected chi connectivity index (χ1v) is 11.3. The van der Waals surface area contributed by atoms with Crippen molar-refractivity contribution in [1.29, 1.82) is 0 Å². The number of nitrogens with zero attached hydrogens (tertiary/aromatic N) is 4. The molecule has 0 spiro atoms. The van der Waals surface area contributed by atoms with Gasteiger partial charge < -0.3 is 15.4 Å². The number of aromatic amines is 1. The molecule has 1 saturated heterocycles. The maximum atomic E-state index is 13.5. The first-order chi connectivity index (χ1) is 16.5. The molecule has 1 aliphatic rings. The van der Waals surface area contributed by atoms with E-state index in [1.54, 1.807) is 36.7 Å². The lowest BCUT2D eigenvalue weighted by Gasteiger charge is -2.28. The number of aliphatic hydroxyl groups excluding tert-OH is 1. The number of carbonyl (C=O) groups is 1. The first-order valence-electron chi connectivity index (χ1n) is 10.9. The molecule has 0 unspecified atom stereocenters. The van der Waals surface area contributed by atoms with E-state index in [2.05, 4.69) is 25.3 Å². The summed E-state index contributed by atoms with van der Waals surface area (Å²) in [5, 5.41) is 13.0. The first kappa shape index (κ1) is 22.4. The minimum Gasteiger partial charge on any atom is -0.393 e. The summed E-state index contributed by atoms with van der Waals surface area (Å²) in [6.07, 6.45) is 5.36. The van der Waals surface area contributed by atoms with Crippen molar-refractivity contribution < 1.29 is 14.3 Å². The van der Waals surface area contributed by atoms with Gasteiger partial charge in [0.2, 0.25) is 5.91 Å². The maximum absolute atomic E-state index is 13.5. The molecule has 8 nitrogen and oxygen atoms in total. The second-order valence-corrected chi connectivity index (χ2v) is 8.71. The molecule has 0 atom stereocenters. The molecule has 174 valence electrons. The lowest BCUT2D eigenvalue weighted by atomic mass is 10.0. The number of aromatic nitrogens is 4. The van der Waals surface area contributed by atoms with Crippen LogP contribution in [0.4, 0.5) is 10.2 Å². The molecule has 0 radical (unpaired) electrons. The van der Waals surface area contributed by atoms with Gasteiger partial charge in [-0.3, -0.25) is 19.7 Å². The van der Waals surface area contributed by atoms with E-state index in [4.69, 9.17) is 11.6 Å². The van der Waals surface area contributed by atoms with Gasteiger partial charge in [0, 0.05) is 31.0 Å². The quantitative estimate of drug-likeness (QED) is 0.400. The zero-order valence-electron chi connectivity index (χ0n) is 18.1. The third-order valence-electron chi connectivity index (χ3n) is 5.82. The summed E-state index contributed by atoms with van der Waals surface area (Å²) >= 11 is 6.14. The summed E-state index contributed by atoms with van der Waals surface area (Å²) in [5.41, 5.74) is 4.05. The van der Waals surface area contributed by atoms with Gasteiger partial charge in [0.05, 0.1) is 51.9 Å². The van der Waals surface area contributed by atoms with E-state index in [0.717, 1.165) is 11.8 Å². The molecule has 5 heterocycles. The lowest BCUT2D eigenvalue weighted by molar-refractivity contribution is -0.117. The van der Waals surface area contributed by atoms with Crippen LogP contribution in [0.2, 0.25) is 5.02 Å². The Morgan fingerprint density at radius 3 is 2.76 bits per heavy atom. The SMILES string of the molecule is O=C(CN1CCC(O)CC1)Nc1cc(-c2[nH]c3cc(Cl)cnc3c2-c2ccc(F)cn2)ccn1. The molecule has 1 fully saturated rings. The fourth-order valence-corrected chi connectivity index (χ4v) is 4.31. The molecule has 0 bridgehead atoms. The molecular weight excluding hydrogens is 459 g/mol. The van der Waals surface area contributed by atoms with Gasteiger partial charge in [-0.05, 0) is 43.2 Å². The summed E-state index contributed by atoms with van der Waals surface area (Å²) in [5.74, 6) is -0.202. The van der Waals surface area contributed by atoms with Crippen LogP contribution in [0.3, 0.4) is 0 Å². The summed E-state index contributed by atoms with van der Waals surface area (Å²) < 4.78 is 13.5. The predicted molar refractivity (Wildman–Crippen MR) is 128 cm³/mol. The van der Waals surface area contributed by atoms with Crippen LogP contribution in [0.1, 0.15) is 12.8 Å². The Balaban J connectivity index is 1.46. The number of rotatable bonds is 5. The standard InChI is InChI=1S/C24H22ClFN6O2/c25-15-10-19-24(29-11-15)22(18-2-1-16(26)12-28-18)23(30-19)14-3-6-27-20(9-14)31-21(34)13-32-7-4-17(33)5-8-32/h1-3,6,9-12,17,30,33H,4-5,7-8,13H2,(H,27,31,34). The van der Waals surface area contributed by atoms with Crippen LogP contribution in [0.5, 0.6) is 0 Å². The van der Waals surface area contributed by atoms with Gasteiger partial charge >= 0.3 is 0 Å². The maximum Gasteiger partial charge on any atom is 0.239 e. The summed E-state index contributed by atoms with van der Waals surface area (Å²) in [6.45, 7) is 1.60. The van der Waals surface area contributed by atoms with Crippen molar-refractivity contribution in [3.63, 3.8) is 0 Å².